The zero-order valence-corrected chi connectivity index (χ0v) is 16.4. The zero-order valence-electron chi connectivity index (χ0n) is 14.8. The first-order valence-corrected chi connectivity index (χ1v) is 11.0. The molecule has 5 nitrogen and oxygen atoms in total. The monoisotopic (exact) mass is 416 g/mol. The first kappa shape index (κ1) is 18.8. The number of hydrogen-bond acceptors (Lipinski definition) is 4. The molecule has 1 amide bonds. The Kier molecular flexibility index (Phi) is 5.01. The summed E-state index contributed by atoms with van der Waals surface area (Å²) in [6, 6.07) is 13.3. The summed E-state index contributed by atoms with van der Waals surface area (Å²) >= 11 is 1.64. The number of benzene rings is 2. The number of carbonyl (C=O) groups is 1. The molecule has 28 heavy (non-hydrogen) atoms. The Balaban J connectivity index is 1.56. The number of fused-ring (bicyclic) bond motifs is 1. The van der Waals surface area contributed by atoms with Crippen LogP contribution < -0.4 is 5.32 Å². The van der Waals surface area contributed by atoms with E-state index in [9.17, 15) is 17.6 Å². The smallest absolute Gasteiger partial charge is 0.255 e. The fourth-order valence-corrected chi connectivity index (χ4v) is 5.47. The van der Waals surface area contributed by atoms with Crippen LogP contribution >= 0.6 is 11.3 Å². The highest BCUT2D eigenvalue weighted by Gasteiger charge is 2.29. The number of amides is 1. The molecule has 2 heterocycles. The number of halogens is 1. The first-order valence-electron chi connectivity index (χ1n) is 8.66. The van der Waals surface area contributed by atoms with E-state index in [1.54, 1.807) is 23.5 Å². The Hall–Kier alpha value is -2.55. The molecule has 1 aliphatic heterocycles. The molecule has 0 fully saturated rings. The molecule has 0 saturated heterocycles. The molecule has 1 N–H and O–H groups in total. The van der Waals surface area contributed by atoms with E-state index in [0.717, 1.165) is 5.56 Å². The minimum absolute atomic E-state index is 0.0814. The van der Waals surface area contributed by atoms with Gasteiger partial charge in [-0.05, 0) is 65.9 Å². The number of nitrogens with zero attached hydrogens (tertiary/aromatic N) is 1. The third-order valence-electron chi connectivity index (χ3n) is 4.61. The maximum Gasteiger partial charge on any atom is 0.255 e. The molecule has 0 spiro atoms. The molecule has 2 aromatic carbocycles. The van der Waals surface area contributed by atoms with Crippen molar-refractivity contribution in [3.63, 3.8) is 0 Å². The minimum Gasteiger partial charge on any atom is -0.322 e. The SMILES string of the molecule is O=C(Nc1ccc(F)cc1)c1cccc(S(=O)(=O)N2CCc3sccc3C2)c1. The fourth-order valence-electron chi connectivity index (χ4n) is 3.11. The van der Waals surface area contributed by atoms with Crippen molar-refractivity contribution in [3.8, 4) is 0 Å². The Bertz CT molecular complexity index is 1120. The van der Waals surface area contributed by atoms with E-state index in [-0.39, 0.29) is 10.5 Å². The van der Waals surface area contributed by atoms with E-state index >= 15 is 0 Å². The van der Waals surface area contributed by atoms with Gasteiger partial charge in [0.15, 0.2) is 0 Å². The van der Waals surface area contributed by atoms with E-state index in [4.69, 9.17) is 0 Å². The van der Waals surface area contributed by atoms with Crippen LogP contribution in [-0.4, -0.2) is 25.2 Å². The summed E-state index contributed by atoms with van der Waals surface area (Å²) in [5, 5.41) is 4.61. The van der Waals surface area contributed by atoms with Crippen LogP contribution in [0.15, 0.2) is 64.9 Å². The highest BCUT2D eigenvalue weighted by Crippen LogP contribution is 2.28. The van der Waals surface area contributed by atoms with Crippen LogP contribution in [0.5, 0.6) is 0 Å². The van der Waals surface area contributed by atoms with Gasteiger partial charge in [-0.15, -0.1) is 11.3 Å². The summed E-state index contributed by atoms with van der Waals surface area (Å²) in [7, 11) is -3.71. The lowest BCUT2D eigenvalue weighted by atomic mass is 10.1. The third-order valence-corrected chi connectivity index (χ3v) is 7.47. The minimum atomic E-state index is -3.71. The highest BCUT2D eigenvalue weighted by atomic mass is 32.2. The Morgan fingerprint density at radius 1 is 1.11 bits per heavy atom. The molecule has 0 saturated carbocycles. The van der Waals surface area contributed by atoms with Crippen molar-refractivity contribution < 1.29 is 17.6 Å². The van der Waals surface area contributed by atoms with Crippen LogP contribution in [0, 0.1) is 5.82 Å². The van der Waals surface area contributed by atoms with Crippen LogP contribution in [-0.2, 0) is 23.0 Å². The molecule has 4 rings (SSSR count). The number of carbonyl (C=O) groups excluding carboxylic acids is 1. The van der Waals surface area contributed by atoms with E-state index in [2.05, 4.69) is 5.32 Å². The van der Waals surface area contributed by atoms with Crippen LogP contribution in [0.25, 0.3) is 0 Å². The summed E-state index contributed by atoms with van der Waals surface area (Å²) in [6.45, 7) is 0.759. The maximum atomic E-state index is 13.0. The van der Waals surface area contributed by atoms with Crippen LogP contribution in [0.3, 0.4) is 0 Å². The molecule has 144 valence electrons. The lowest BCUT2D eigenvalue weighted by molar-refractivity contribution is 0.102. The van der Waals surface area contributed by atoms with E-state index in [1.165, 1.54) is 45.6 Å². The van der Waals surface area contributed by atoms with E-state index in [1.807, 2.05) is 11.4 Å². The fraction of sp³-hybridized carbons (Fsp3) is 0.150. The van der Waals surface area contributed by atoms with Crippen LogP contribution in [0.4, 0.5) is 10.1 Å². The van der Waals surface area contributed by atoms with Gasteiger partial charge in [-0.1, -0.05) is 6.07 Å². The van der Waals surface area contributed by atoms with Crippen molar-refractivity contribution in [2.75, 3.05) is 11.9 Å². The predicted octanol–water partition coefficient (Wildman–Crippen LogP) is 3.89. The van der Waals surface area contributed by atoms with Crippen molar-refractivity contribution in [2.24, 2.45) is 0 Å². The number of sulfonamides is 1. The standard InChI is InChI=1S/C20H17FN2O3S2/c21-16-4-6-17(7-5-16)22-20(24)14-2-1-3-18(12-14)28(25,26)23-10-8-19-15(13-23)9-11-27-19/h1-7,9,11-12H,8,10,13H2,(H,22,24). The molecule has 0 bridgehead atoms. The largest absolute Gasteiger partial charge is 0.322 e. The van der Waals surface area contributed by atoms with Crippen LogP contribution in [0.2, 0.25) is 0 Å². The summed E-state index contributed by atoms with van der Waals surface area (Å²) in [5.41, 5.74) is 1.68. The molecule has 1 aliphatic rings. The second-order valence-electron chi connectivity index (χ2n) is 6.45. The zero-order chi connectivity index (χ0) is 19.7. The maximum absolute atomic E-state index is 13.0. The first-order chi connectivity index (χ1) is 13.4. The van der Waals surface area contributed by atoms with Gasteiger partial charge in [-0.2, -0.15) is 4.31 Å². The topological polar surface area (TPSA) is 66.5 Å². The van der Waals surface area contributed by atoms with Gasteiger partial charge in [0.1, 0.15) is 5.82 Å². The van der Waals surface area contributed by atoms with Gasteiger partial charge in [0.2, 0.25) is 10.0 Å². The second-order valence-corrected chi connectivity index (χ2v) is 9.39. The Morgan fingerprint density at radius 3 is 2.68 bits per heavy atom. The van der Waals surface area contributed by atoms with E-state index in [0.29, 0.717) is 25.2 Å². The average molecular weight is 416 g/mol. The molecule has 0 aliphatic carbocycles. The number of nitrogens with one attached hydrogen (secondary N) is 1. The number of thiophene rings is 1. The normalized spacial score (nSPS) is 14.5. The van der Waals surface area contributed by atoms with E-state index < -0.39 is 21.7 Å². The second kappa shape index (κ2) is 7.46. The van der Waals surface area contributed by atoms with Crippen LogP contribution in [0.1, 0.15) is 20.8 Å². The van der Waals surface area contributed by atoms with Gasteiger partial charge < -0.3 is 5.32 Å². The molecule has 0 radical (unpaired) electrons. The van der Waals surface area contributed by atoms with Gasteiger partial charge in [-0.3, -0.25) is 4.79 Å². The summed E-state index contributed by atoms with van der Waals surface area (Å²) in [5.74, 6) is -0.858. The van der Waals surface area contributed by atoms with Gasteiger partial charge in [0.05, 0.1) is 4.90 Å². The highest BCUT2D eigenvalue weighted by molar-refractivity contribution is 7.89. The summed E-state index contributed by atoms with van der Waals surface area (Å²) in [4.78, 5) is 13.8. The Labute approximate surface area is 166 Å². The number of rotatable bonds is 4. The predicted molar refractivity (Wildman–Crippen MR) is 106 cm³/mol. The van der Waals surface area contributed by atoms with Gasteiger partial charge >= 0.3 is 0 Å². The third kappa shape index (κ3) is 3.71. The van der Waals surface area contributed by atoms with Gasteiger partial charge in [0.25, 0.3) is 5.91 Å². The van der Waals surface area contributed by atoms with Crippen molar-refractivity contribution in [1.82, 2.24) is 4.31 Å². The van der Waals surface area contributed by atoms with Crippen molar-refractivity contribution in [3.05, 3.63) is 81.8 Å². The molecular weight excluding hydrogens is 399 g/mol. The van der Waals surface area contributed by atoms with Gasteiger partial charge in [0, 0.05) is 29.2 Å². The average Bonchev–Trinajstić information content (AvgIpc) is 3.17. The number of anilines is 1. The molecule has 8 heteroatoms. The molecule has 0 atom stereocenters. The molecule has 0 unspecified atom stereocenters. The van der Waals surface area contributed by atoms with Crippen molar-refractivity contribution in [2.45, 2.75) is 17.9 Å². The number of hydrogen-bond donors (Lipinski definition) is 1. The van der Waals surface area contributed by atoms with Crippen molar-refractivity contribution >= 4 is 33.0 Å². The Morgan fingerprint density at radius 2 is 1.89 bits per heavy atom. The lowest BCUT2D eigenvalue weighted by Gasteiger charge is -2.26. The molecule has 3 aromatic rings. The van der Waals surface area contributed by atoms with Gasteiger partial charge in [-0.25, -0.2) is 12.8 Å². The molecular formula is C20H17FN2O3S2. The summed E-state index contributed by atoms with van der Waals surface area (Å²) in [6.07, 6.45) is 0.691. The molecule has 1 aromatic heterocycles. The summed E-state index contributed by atoms with van der Waals surface area (Å²) < 4.78 is 40.5. The quantitative estimate of drug-likeness (QED) is 0.702. The lowest BCUT2D eigenvalue weighted by Crippen LogP contribution is -2.35. The van der Waals surface area contributed by atoms with Crippen molar-refractivity contribution in [1.29, 1.82) is 0 Å².